The van der Waals surface area contributed by atoms with Gasteiger partial charge in [0.05, 0.1) is 34.5 Å². The highest BCUT2D eigenvalue weighted by Crippen LogP contribution is 2.32. The number of carbonyl (C=O) groups excluding carboxylic acids is 1. The van der Waals surface area contributed by atoms with Gasteiger partial charge in [-0.2, -0.15) is 5.10 Å². The molecule has 0 saturated carbocycles. The van der Waals surface area contributed by atoms with Gasteiger partial charge in [-0.1, -0.05) is 31.5 Å². The summed E-state index contributed by atoms with van der Waals surface area (Å²) >= 11 is 6.73. The van der Waals surface area contributed by atoms with E-state index in [0.29, 0.717) is 33.5 Å². The molecular formula is C22H25ClN4O2. The minimum Gasteiger partial charge on any atom is -0.497 e. The molecule has 0 radical (unpaired) electrons. The molecule has 0 spiro atoms. The molecule has 6 nitrogen and oxygen atoms in total. The molecule has 3 heterocycles. The number of benzene rings is 1. The lowest BCUT2D eigenvalue weighted by Gasteiger charge is -2.35. The number of fused-ring (bicyclic) bond motifs is 1. The number of nitrogens with zero attached hydrogens (tertiary/aromatic N) is 4. The Morgan fingerprint density at radius 1 is 1.24 bits per heavy atom. The van der Waals surface area contributed by atoms with Gasteiger partial charge in [0, 0.05) is 25.4 Å². The first-order chi connectivity index (χ1) is 13.9. The Morgan fingerprint density at radius 3 is 2.66 bits per heavy atom. The largest absolute Gasteiger partial charge is 0.497 e. The smallest absolute Gasteiger partial charge is 0.256 e. The number of halogens is 1. The Balaban J connectivity index is 1.77. The van der Waals surface area contributed by atoms with Crippen molar-refractivity contribution >= 4 is 28.5 Å². The lowest BCUT2D eigenvalue weighted by Crippen LogP contribution is -2.42. The number of rotatable bonds is 3. The van der Waals surface area contributed by atoms with Crippen LogP contribution < -0.4 is 4.74 Å². The number of aromatic nitrogens is 3. The molecule has 0 N–H and O–H groups in total. The molecule has 1 aliphatic heterocycles. The van der Waals surface area contributed by atoms with E-state index in [0.717, 1.165) is 36.6 Å². The van der Waals surface area contributed by atoms with Gasteiger partial charge in [0.1, 0.15) is 5.75 Å². The minimum atomic E-state index is -0.0590. The molecule has 1 fully saturated rings. The Labute approximate surface area is 175 Å². The zero-order chi connectivity index (χ0) is 20.7. The zero-order valence-electron chi connectivity index (χ0n) is 17.1. The van der Waals surface area contributed by atoms with Crippen LogP contribution in [0.1, 0.15) is 36.3 Å². The fraction of sp³-hybridized carbons (Fsp3) is 0.409. The first-order valence-electron chi connectivity index (χ1n) is 9.86. The van der Waals surface area contributed by atoms with Gasteiger partial charge in [0.15, 0.2) is 5.65 Å². The number of pyridine rings is 1. The second-order valence-electron chi connectivity index (χ2n) is 8.04. The van der Waals surface area contributed by atoms with Crippen molar-refractivity contribution in [2.45, 2.75) is 27.2 Å². The molecule has 152 valence electrons. The number of amides is 1. The van der Waals surface area contributed by atoms with E-state index in [1.807, 2.05) is 36.1 Å². The van der Waals surface area contributed by atoms with Gasteiger partial charge < -0.3 is 9.64 Å². The van der Waals surface area contributed by atoms with Gasteiger partial charge in [0.25, 0.3) is 5.91 Å². The molecule has 29 heavy (non-hydrogen) atoms. The predicted molar refractivity (Wildman–Crippen MR) is 114 cm³/mol. The van der Waals surface area contributed by atoms with E-state index >= 15 is 0 Å². The summed E-state index contributed by atoms with van der Waals surface area (Å²) < 4.78 is 7.05. The molecule has 2 aromatic heterocycles. The third-order valence-electron chi connectivity index (χ3n) is 5.49. The summed E-state index contributed by atoms with van der Waals surface area (Å²) in [4.78, 5) is 19.7. The van der Waals surface area contributed by atoms with Crippen LogP contribution in [0.2, 0.25) is 5.02 Å². The normalized spacial score (nSPS) is 19.6. The molecular weight excluding hydrogens is 388 g/mol. The number of piperidine rings is 1. The van der Waals surface area contributed by atoms with E-state index in [9.17, 15) is 4.79 Å². The molecule has 1 saturated heterocycles. The minimum absolute atomic E-state index is 0.0590. The van der Waals surface area contributed by atoms with Gasteiger partial charge in [-0.15, -0.1) is 0 Å². The van der Waals surface area contributed by atoms with Crippen LogP contribution >= 0.6 is 11.6 Å². The maximum Gasteiger partial charge on any atom is 0.256 e. The van der Waals surface area contributed by atoms with Crippen LogP contribution in [0, 0.1) is 18.8 Å². The summed E-state index contributed by atoms with van der Waals surface area (Å²) in [5, 5.41) is 5.74. The van der Waals surface area contributed by atoms with Crippen molar-refractivity contribution in [3.63, 3.8) is 0 Å². The Morgan fingerprint density at radius 2 is 1.97 bits per heavy atom. The van der Waals surface area contributed by atoms with Crippen molar-refractivity contribution in [1.82, 2.24) is 19.7 Å². The number of hydrogen-bond donors (Lipinski definition) is 0. The van der Waals surface area contributed by atoms with E-state index in [-0.39, 0.29) is 5.91 Å². The Bertz CT molecular complexity index is 1070. The maximum atomic E-state index is 13.2. The fourth-order valence-electron chi connectivity index (χ4n) is 4.28. The van der Waals surface area contributed by atoms with Crippen LogP contribution in [0.5, 0.6) is 5.75 Å². The van der Waals surface area contributed by atoms with Crippen molar-refractivity contribution in [2.24, 2.45) is 11.8 Å². The van der Waals surface area contributed by atoms with Crippen molar-refractivity contribution in [3.8, 4) is 11.4 Å². The third-order valence-corrected chi connectivity index (χ3v) is 5.88. The van der Waals surface area contributed by atoms with Gasteiger partial charge in [-0.05, 0) is 37.3 Å². The van der Waals surface area contributed by atoms with E-state index < -0.39 is 0 Å². The number of aryl methyl sites for hydroxylation is 1. The van der Waals surface area contributed by atoms with E-state index in [1.54, 1.807) is 18.0 Å². The molecule has 0 aliphatic carbocycles. The van der Waals surface area contributed by atoms with Gasteiger partial charge in [-0.25, -0.2) is 9.67 Å². The van der Waals surface area contributed by atoms with Crippen molar-refractivity contribution in [2.75, 3.05) is 20.2 Å². The summed E-state index contributed by atoms with van der Waals surface area (Å²) in [5.74, 6) is 1.64. The van der Waals surface area contributed by atoms with Crippen LogP contribution in [-0.2, 0) is 0 Å². The van der Waals surface area contributed by atoms with E-state index in [4.69, 9.17) is 16.3 Å². The quantitative estimate of drug-likeness (QED) is 0.635. The van der Waals surface area contributed by atoms with Crippen LogP contribution in [0.25, 0.3) is 16.7 Å². The van der Waals surface area contributed by atoms with E-state index in [2.05, 4.69) is 23.9 Å². The third kappa shape index (κ3) is 3.57. The molecule has 7 heteroatoms. The molecule has 4 rings (SSSR count). The summed E-state index contributed by atoms with van der Waals surface area (Å²) in [6.45, 7) is 7.74. The molecule has 3 aromatic rings. The summed E-state index contributed by atoms with van der Waals surface area (Å²) in [5.41, 5.74) is 2.62. The van der Waals surface area contributed by atoms with Crippen LogP contribution in [-0.4, -0.2) is 45.8 Å². The summed E-state index contributed by atoms with van der Waals surface area (Å²) in [6.07, 6.45) is 2.72. The number of carbonyl (C=O) groups is 1. The molecule has 0 bridgehead atoms. The topological polar surface area (TPSA) is 60.3 Å². The van der Waals surface area contributed by atoms with Crippen molar-refractivity contribution in [1.29, 1.82) is 0 Å². The van der Waals surface area contributed by atoms with Crippen LogP contribution in [0.3, 0.4) is 0 Å². The Kier molecular flexibility index (Phi) is 5.21. The standard InChI is InChI=1S/C22H25ClN4O2/c1-13-8-14(2)12-26(11-13)22(28)18-10-24-21-19(20(18)23)15(3)25-27(21)16-6-5-7-17(9-16)29-4/h5-7,9-10,13-14H,8,11-12H2,1-4H3/t13-,14-/m0/s1. The van der Waals surface area contributed by atoms with Crippen molar-refractivity contribution in [3.05, 3.63) is 46.7 Å². The Hall–Kier alpha value is -2.60. The molecule has 0 unspecified atom stereocenters. The van der Waals surface area contributed by atoms with Gasteiger partial charge in [-0.3, -0.25) is 4.79 Å². The molecule has 1 aromatic carbocycles. The van der Waals surface area contributed by atoms with Crippen molar-refractivity contribution < 1.29 is 9.53 Å². The van der Waals surface area contributed by atoms with Crippen LogP contribution in [0.15, 0.2) is 30.5 Å². The zero-order valence-corrected chi connectivity index (χ0v) is 17.9. The average Bonchev–Trinajstić information content (AvgIpc) is 3.04. The number of hydrogen-bond acceptors (Lipinski definition) is 4. The first-order valence-corrected chi connectivity index (χ1v) is 10.2. The number of ether oxygens (including phenoxy) is 1. The SMILES string of the molecule is COc1cccc(-n2nc(C)c3c(Cl)c(C(=O)N4C[C@@H](C)C[C@H](C)C4)cnc32)c1. The van der Waals surface area contributed by atoms with Gasteiger partial charge in [0.2, 0.25) is 0 Å². The molecule has 1 amide bonds. The highest BCUT2D eigenvalue weighted by atomic mass is 35.5. The molecule has 1 aliphatic rings. The second-order valence-corrected chi connectivity index (χ2v) is 8.42. The lowest BCUT2D eigenvalue weighted by molar-refractivity contribution is 0.0623. The first kappa shape index (κ1) is 19.7. The fourth-order valence-corrected chi connectivity index (χ4v) is 4.63. The average molecular weight is 413 g/mol. The highest BCUT2D eigenvalue weighted by Gasteiger charge is 2.29. The second kappa shape index (κ2) is 7.67. The summed E-state index contributed by atoms with van der Waals surface area (Å²) in [7, 11) is 1.63. The molecule has 2 atom stereocenters. The predicted octanol–water partition coefficient (Wildman–Crippen LogP) is 4.51. The summed E-state index contributed by atoms with van der Waals surface area (Å²) in [6, 6.07) is 7.59. The number of methoxy groups -OCH3 is 1. The van der Waals surface area contributed by atoms with E-state index in [1.165, 1.54) is 0 Å². The maximum absolute atomic E-state index is 13.2. The van der Waals surface area contributed by atoms with Crippen LogP contribution in [0.4, 0.5) is 0 Å². The highest BCUT2D eigenvalue weighted by molar-refractivity contribution is 6.38. The van der Waals surface area contributed by atoms with Gasteiger partial charge >= 0.3 is 0 Å². The number of likely N-dealkylation sites (tertiary alicyclic amines) is 1. The lowest BCUT2D eigenvalue weighted by atomic mass is 9.91. The monoisotopic (exact) mass is 412 g/mol.